The molecular weight excluding hydrogens is 125 g/mol. The first-order valence-electron chi connectivity index (χ1n) is 1.16. The van der Waals surface area contributed by atoms with Gasteiger partial charge in [0.1, 0.15) is 0 Å². The van der Waals surface area contributed by atoms with E-state index in [4.69, 9.17) is 9.96 Å². The van der Waals surface area contributed by atoms with Crippen molar-refractivity contribution in [2.24, 2.45) is 0 Å². The molecule has 0 aliphatic carbocycles. The minimum absolute atomic E-state index is 1.76. The van der Waals surface area contributed by atoms with Gasteiger partial charge in [0, 0.05) is 0 Å². The van der Waals surface area contributed by atoms with Crippen molar-refractivity contribution in [1.29, 1.82) is 5.41 Å². The molecule has 1 unspecified atom stereocenters. The van der Waals surface area contributed by atoms with Gasteiger partial charge in [-0.1, -0.05) is 0 Å². The van der Waals surface area contributed by atoms with Crippen molar-refractivity contribution in [2.45, 2.75) is 0 Å². The maximum Gasteiger partial charge on any atom is 0.384 e. The van der Waals surface area contributed by atoms with Crippen molar-refractivity contribution in [1.82, 2.24) is 0 Å². The van der Waals surface area contributed by atoms with E-state index in [9.17, 15) is 8.60 Å². The SMILES string of the molecule is N=C(F)OS(=O)O. The van der Waals surface area contributed by atoms with E-state index in [0.29, 0.717) is 0 Å². The zero-order valence-electron chi connectivity index (χ0n) is 3.05. The Hall–Kier alpha value is -0.490. The normalized spacial score (nSPS) is 12.9. The summed E-state index contributed by atoms with van der Waals surface area (Å²) in [4.78, 5) is 0. The van der Waals surface area contributed by atoms with Crippen LogP contribution in [0, 0.1) is 5.41 Å². The maximum absolute atomic E-state index is 11.0. The Kier molecular flexibility index (Phi) is 2.46. The molecule has 0 saturated heterocycles. The number of hydrogen-bond acceptors (Lipinski definition) is 3. The smallest absolute Gasteiger partial charge is 0.333 e. The van der Waals surface area contributed by atoms with Crippen LogP contribution in [0.2, 0.25) is 0 Å². The van der Waals surface area contributed by atoms with E-state index in [1.54, 1.807) is 0 Å². The molecule has 0 rings (SSSR count). The standard InChI is InChI=1S/CH2FNO3S/c2-1(3)6-7(4)5/h3H,(H,4,5). The van der Waals surface area contributed by atoms with Crippen LogP contribution < -0.4 is 0 Å². The van der Waals surface area contributed by atoms with Crippen molar-refractivity contribution >= 4 is 17.5 Å². The van der Waals surface area contributed by atoms with Crippen LogP contribution in [-0.4, -0.2) is 14.9 Å². The summed E-state index contributed by atoms with van der Waals surface area (Å²) in [5.74, 6) is 0. The van der Waals surface area contributed by atoms with Gasteiger partial charge in [-0.05, 0) is 0 Å². The molecule has 0 aromatic carbocycles. The molecule has 0 aromatic heterocycles. The fraction of sp³-hybridized carbons (Fsp3) is 0. The lowest BCUT2D eigenvalue weighted by Gasteiger charge is -1.85. The summed E-state index contributed by atoms with van der Waals surface area (Å²) >= 11 is -2.70. The van der Waals surface area contributed by atoms with E-state index >= 15 is 0 Å². The molecule has 6 heteroatoms. The summed E-state index contributed by atoms with van der Waals surface area (Å²) < 4.78 is 31.1. The number of rotatable bonds is 1. The molecule has 0 aliphatic rings. The Bertz CT molecular complexity index is 91.1. The molecule has 0 radical (unpaired) electrons. The van der Waals surface area contributed by atoms with Gasteiger partial charge < -0.3 is 4.18 Å². The van der Waals surface area contributed by atoms with Crippen molar-refractivity contribution < 1.29 is 17.3 Å². The second-order valence-electron chi connectivity index (χ2n) is 0.574. The van der Waals surface area contributed by atoms with E-state index in [2.05, 4.69) is 4.18 Å². The summed E-state index contributed by atoms with van der Waals surface area (Å²) in [5, 5.41) is 5.78. The van der Waals surface area contributed by atoms with Gasteiger partial charge in [-0.2, -0.15) is 4.21 Å². The molecule has 1 atom stereocenters. The molecule has 4 nitrogen and oxygen atoms in total. The van der Waals surface area contributed by atoms with Crippen molar-refractivity contribution in [3.63, 3.8) is 0 Å². The predicted molar refractivity (Wildman–Crippen MR) is 20.7 cm³/mol. The zero-order valence-corrected chi connectivity index (χ0v) is 3.87. The summed E-state index contributed by atoms with van der Waals surface area (Å²) in [6, 6.07) is 0. The summed E-state index contributed by atoms with van der Waals surface area (Å²) in [5.41, 5.74) is 0. The van der Waals surface area contributed by atoms with Crippen LogP contribution in [0.3, 0.4) is 0 Å². The minimum Gasteiger partial charge on any atom is -0.333 e. The minimum atomic E-state index is -2.70. The Morgan fingerprint density at radius 2 is 2.43 bits per heavy atom. The molecule has 0 heterocycles. The second-order valence-corrected chi connectivity index (χ2v) is 1.18. The number of halogens is 1. The van der Waals surface area contributed by atoms with E-state index < -0.39 is 17.5 Å². The van der Waals surface area contributed by atoms with Crippen molar-refractivity contribution in [2.75, 3.05) is 0 Å². The van der Waals surface area contributed by atoms with Gasteiger partial charge in [-0.3, -0.25) is 4.55 Å². The van der Waals surface area contributed by atoms with Crippen molar-refractivity contribution in [3.05, 3.63) is 0 Å². The molecule has 0 aliphatic heterocycles. The molecule has 0 bridgehead atoms. The molecule has 42 valence electrons. The first kappa shape index (κ1) is 6.51. The van der Waals surface area contributed by atoms with Gasteiger partial charge in [-0.25, -0.2) is 5.41 Å². The Morgan fingerprint density at radius 1 is 2.00 bits per heavy atom. The fourth-order valence-corrected chi connectivity index (χ4v) is 0.188. The topological polar surface area (TPSA) is 70.4 Å². The zero-order chi connectivity index (χ0) is 5.86. The highest BCUT2D eigenvalue weighted by molar-refractivity contribution is 7.74. The third kappa shape index (κ3) is 5.51. The van der Waals surface area contributed by atoms with E-state index in [-0.39, 0.29) is 0 Å². The summed E-state index contributed by atoms with van der Waals surface area (Å²) in [6.07, 6.45) is -1.76. The third-order valence-electron chi connectivity index (χ3n) is 0.144. The number of nitrogens with one attached hydrogen (secondary N) is 1. The summed E-state index contributed by atoms with van der Waals surface area (Å²) in [7, 11) is 0. The molecule has 0 spiro atoms. The molecule has 0 fully saturated rings. The van der Waals surface area contributed by atoms with E-state index in [0.717, 1.165) is 0 Å². The average molecular weight is 127 g/mol. The van der Waals surface area contributed by atoms with Gasteiger partial charge in [0.15, 0.2) is 0 Å². The Labute approximate surface area is 41.3 Å². The molecule has 2 N–H and O–H groups in total. The summed E-state index contributed by atoms with van der Waals surface area (Å²) in [6.45, 7) is 0. The molecule has 0 saturated carbocycles. The number of hydrogen-bond donors (Lipinski definition) is 2. The highest BCUT2D eigenvalue weighted by Crippen LogP contribution is 1.80. The highest BCUT2D eigenvalue weighted by atomic mass is 32.2. The van der Waals surface area contributed by atoms with Crippen LogP contribution in [0.25, 0.3) is 0 Å². The quantitative estimate of drug-likeness (QED) is 0.297. The van der Waals surface area contributed by atoms with Crippen LogP contribution in [0.4, 0.5) is 4.39 Å². The highest BCUT2D eigenvalue weighted by Gasteiger charge is 1.95. The van der Waals surface area contributed by atoms with Gasteiger partial charge in [0.25, 0.3) is 0 Å². The van der Waals surface area contributed by atoms with Crippen molar-refractivity contribution in [3.8, 4) is 0 Å². The van der Waals surface area contributed by atoms with Crippen LogP contribution in [0.1, 0.15) is 0 Å². The largest absolute Gasteiger partial charge is 0.384 e. The lowest BCUT2D eigenvalue weighted by molar-refractivity contribution is 0.413. The molecule has 0 amide bonds. The molecule has 0 aromatic rings. The average Bonchev–Trinajstić information content (AvgIpc) is 1.27. The maximum atomic E-state index is 11.0. The van der Waals surface area contributed by atoms with E-state index in [1.165, 1.54) is 0 Å². The van der Waals surface area contributed by atoms with Gasteiger partial charge >= 0.3 is 17.5 Å². The van der Waals surface area contributed by atoms with Crippen LogP contribution >= 0.6 is 0 Å². The van der Waals surface area contributed by atoms with Crippen LogP contribution in [-0.2, 0) is 15.5 Å². The van der Waals surface area contributed by atoms with E-state index in [1.807, 2.05) is 0 Å². The molecular formula is CH2FNO3S. The van der Waals surface area contributed by atoms with Crippen LogP contribution in [0.5, 0.6) is 0 Å². The first-order chi connectivity index (χ1) is 3.13. The van der Waals surface area contributed by atoms with Gasteiger partial charge in [0.05, 0.1) is 0 Å². The predicted octanol–water partition coefficient (Wildman–Crippen LogP) is 0.0440. The lowest BCUT2D eigenvalue weighted by atomic mass is 11.5. The Balaban J connectivity index is 3.32. The lowest BCUT2D eigenvalue weighted by Crippen LogP contribution is -1.97. The Morgan fingerprint density at radius 3 is 2.43 bits per heavy atom. The molecule has 7 heavy (non-hydrogen) atoms. The van der Waals surface area contributed by atoms with Gasteiger partial charge in [-0.15, -0.1) is 4.39 Å². The fourth-order valence-electron chi connectivity index (χ4n) is 0.0626. The van der Waals surface area contributed by atoms with Crippen LogP contribution in [0.15, 0.2) is 0 Å². The third-order valence-corrected chi connectivity index (χ3v) is 0.433. The van der Waals surface area contributed by atoms with Gasteiger partial charge in [0.2, 0.25) is 0 Å². The second kappa shape index (κ2) is 2.64. The first-order valence-corrected chi connectivity index (χ1v) is 2.19. The monoisotopic (exact) mass is 127 g/mol.